The summed E-state index contributed by atoms with van der Waals surface area (Å²) in [6.45, 7) is 6.54. The van der Waals surface area contributed by atoms with Crippen LogP contribution in [0.3, 0.4) is 0 Å². The van der Waals surface area contributed by atoms with E-state index in [1.807, 2.05) is 6.20 Å². The van der Waals surface area contributed by atoms with Gasteiger partial charge in [-0.15, -0.1) is 0 Å². The van der Waals surface area contributed by atoms with Crippen molar-refractivity contribution in [2.24, 2.45) is 5.92 Å². The number of unbranched alkanes of at least 4 members (excludes halogenated alkanes) is 1. The molecule has 2 aromatic rings. The first-order valence-electron chi connectivity index (χ1n) is 9.67. The summed E-state index contributed by atoms with van der Waals surface area (Å²) < 4.78 is 0. The zero-order valence-electron chi connectivity index (χ0n) is 15.9. The van der Waals surface area contributed by atoms with Gasteiger partial charge in [-0.25, -0.2) is 0 Å². The Morgan fingerprint density at radius 3 is 2.60 bits per heavy atom. The van der Waals surface area contributed by atoms with E-state index in [2.05, 4.69) is 86.5 Å². The van der Waals surface area contributed by atoms with Crippen LogP contribution in [0.5, 0.6) is 0 Å². The average molecular weight is 334 g/mol. The van der Waals surface area contributed by atoms with E-state index in [1.54, 1.807) is 0 Å². The standard InChI is InChI=1S/C20H21N.C4H10/c1-2-3-4-9-16-10-5-7-12-18(16)20-19-13-8-6-11-17(19)14-15-21-20;1-3-4-2/h3-8,11-16H,2,9-10H2,1H3;3-4H2,1-2H3. The fourth-order valence-corrected chi connectivity index (χ4v) is 2.95. The normalized spacial score (nSPS) is 16.6. The summed E-state index contributed by atoms with van der Waals surface area (Å²) in [5, 5.41) is 2.52. The van der Waals surface area contributed by atoms with Crippen molar-refractivity contribution in [3.05, 3.63) is 72.6 Å². The van der Waals surface area contributed by atoms with Crippen LogP contribution >= 0.6 is 0 Å². The highest BCUT2D eigenvalue weighted by atomic mass is 14.7. The molecular formula is C24H31N. The number of allylic oxidation sites excluding steroid dienone is 6. The van der Waals surface area contributed by atoms with Crippen molar-refractivity contribution in [1.29, 1.82) is 0 Å². The van der Waals surface area contributed by atoms with Crippen molar-refractivity contribution in [3.8, 4) is 0 Å². The summed E-state index contributed by atoms with van der Waals surface area (Å²) in [6.07, 6.45) is 19.1. The predicted octanol–water partition coefficient (Wildman–Crippen LogP) is 7.36. The Hall–Kier alpha value is -2.15. The van der Waals surface area contributed by atoms with E-state index in [0.29, 0.717) is 5.92 Å². The van der Waals surface area contributed by atoms with Gasteiger partial charge in [0.15, 0.2) is 0 Å². The lowest BCUT2D eigenvalue weighted by molar-refractivity contribution is 0.686. The number of fused-ring (bicyclic) bond motifs is 1. The molecule has 0 amide bonds. The van der Waals surface area contributed by atoms with Crippen LogP contribution in [-0.2, 0) is 0 Å². The first-order chi connectivity index (χ1) is 12.3. The smallest absolute Gasteiger partial charge is 0.0742 e. The second-order valence-electron chi connectivity index (χ2n) is 6.48. The van der Waals surface area contributed by atoms with Crippen LogP contribution in [0.4, 0.5) is 0 Å². The van der Waals surface area contributed by atoms with Gasteiger partial charge in [-0.1, -0.05) is 88.3 Å². The molecule has 0 saturated carbocycles. The molecule has 0 aliphatic heterocycles. The summed E-state index contributed by atoms with van der Waals surface area (Å²) in [7, 11) is 0. The number of rotatable bonds is 5. The molecule has 1 atom stereocenters. The highest BCUT2D eigenvalue weighted by molar-refractivity contribution is 5.92. The fraction of sp³-hybridized carbons (Fsp3) is 0.375. The topological polar surface area (TPSA) is 12.9 Å². The molecule has 132 valence electrons. The number of aromatic nitrogens is 1. The van der Waals surface area contributed by atoms with Crippen LogP contribution in [0.2, 0.25) is 0 Å². The van der Waals surface area contributed by atoms with Crippen LogP contribution in [0.15, 0.2) is 66.9 Å². The minimum absolute atomic E-state index is 0.538. The molecule has 1 heterocycles. The fourth-order valence-electron chi connectivity index (χ4n) is 2.95. The Morgan fingerprint density at radius 2 is 1.84 bits per heavy atom. The lowest BCUT2D eigenvalue weighted by Crippen LogP contribution is -2.06. The van der Waals surface area contributed by atoms with Crippen molar-refractivity contribution < 1.29 is 0 Å². The third-order valence-corrected chi connectivity index (χ3v) is 4.54. The van der Waals surface area contributed by atoms with Crippen LogP contribution in [0.1, 0.15) is 58.6 Å². The van der Waals surface area contributed by atoms with Crippen LogP contribution < -0.4 is 0 Å². The molecule has 1 aromatic heterocycles. The van der Waals surface area contributed by atoms with Crippen molar-refractivity contribution >= 4 is 16.3 Å². The number of benzene rings is 1. The second kappa shape index (κ2) is 10.7. The van der Waals surface area contributed by atoms with Crippen molar-refractivity contribution in [1.82, 2.24) is 4.98 Å². The zero-order chi connectivity index (χ0) is 17.9. The molecule has 0 saturated heterocycles. The first kappa shape index (κ1) is 19.2. The van der Waals surface area contributed by atoms with Gasteiger partial charge in [0.05, 0.1) is 5.69 Å². The predicted molar refractivity (Wildman–Crippen MR) is 112 cm³/mol. The largest absolute Gasteiger partial charge is 0.256 e. The Labute approximate surface area is 153 Å². The van der Waals surface area contributed by atoms with Gasteiger partial charge in [0.2, 0.25) is 0 Å². The summed E-state index contributed by atoms with van der Waals surface area (Å²) in [6, 6.07) is 10.6. The maximum Gasteiger partial charge on any atom is 0.0742 e. The molecule has 1 heteroatoms. The number of hydrogen-bond acceptors (Lipinski definition) is 1. The van der Waals surface area contributed by atoms with E-state index in [4.69, 9.17) is 0 Å². The molecule has 0 radical (unpaired) electrons. The third kappa shape index (κ3) is 5.42. The summed E-state index contributed by atoms with van der Waals surface area (Å²) in [4.78, 5) is 4.68. The number of hydrogen-bond donors (Lipinski definition) is 0. The Morgan fingerprint density at radius 1 is 1.04 bits per heavy atom. The molecule has 1 unspecified atom stereocenters. The zero-order valence-corrected chi connectivity index (χ0v) is 15.9. The minimum Gasteiger partial charge on any atom is -0.256 e. The van der Waals surface area contributed by atoms with Crippen molar-refractivity contribution in [2.45, 2.75) is 52.9 Å². The SMILES string of the molecule is CCC=CCC1CC=CC=C1c1nccc2ccccc12.CCCC. The third-order valence-electron chi connectivity index (χ3n) is 4.54. The number of nitrogens with zero attached hydrogens (tertiary/aromatic N) is 1. The van der Waals surface area contributed by atoms with E-state index < -0.39 is 0 Å². The molecule has 0 spiro atoms. The number of pyridine rings is 1. The van der Waals surface area contributed by atoms with E-state index >= 15 is 0 Å². The van der Waals surface area contributed by atoms with Crippen LogP contribution in [0, 0.1) is 5.92 Å². The highest BCUT2D eigenvalue weighted by Crippen LogP contribution is 2.34. The first-order valence-corrected chi connectivity index (χ1v) is 9.67. The molecular weight excluding hydrogens is 302 g/mol. The molecule has 0 N–H and O–H groups in total. The summed E-state index contributed by atoms with van der Waals surface area (Å²) >= 11 is 0. The van der Waals surface area contributed by atoms with Gasteiger partial charge in [-0.05, 0) is 42.2 Å². The van der Waals surface area contributed by atoms with Gasteiger partial charge in [0.1, 0.15) is 0 Å². The van der Waals surface area contributed by atoms with Gasteiger partial charge in [0.25, 0.3) is 0 Å². The average Bonchev–Trinajstić information content (AvgIpc) is 2.68. The van der Waals surface area contributed by atoms with E-state index in [0.717, 1.165) is 25.0 Å². The van der Waals surface area contributed by atoms with Gasteiger partial charge in [0, 0.05) is 11.6 Å². The Bertz CT molecular complexity index is 729. The monoisotopic (exact) mass is 333 g/mol. The van der Waals surface area contributed by atoms with E-state index in [9.17, 15) is 0 Å². The van der Waals surface area contributed by atoms with E-state index in [-0.39, 0.29) is 0 Å². The highest BCUT2D eigenvalue weighted by Gasteiger charge is 2.18. The molecule has 1 nitrogen and oxygen atoms in total. The maximum absolute atomic E-state index is 4.68. The van der Waals surface area contributed by atoms with Gasteiger partial charge >= 0.3 is 0 Å². The molecule has 25 heavy (non-hydrogen) atoms. The van der Waals surface area contributed by atoms with Gasteiger partial charge in [-0.3, -0.25) is 4.98 Å². The quantitative estimate of drug-likeness (QED) is 0.521. The lowest BCUT2D eigenvalue weighted by atomic mass is 9.85. The molecule has 1 aromatic carbocycles. The van der Waals surface area contributed by atoms with Gasteiger partial charge in [-0.2, -0.15) is 0 Å². The molecule has 0 bridgehead atoms. The van der Waals surface area contributed by atoms with Gasteiger partial charge < -0.3 is 0 Å². The van der Waals surface area contributed by atoms with Crippen LogP contribution in [-0.4, -0.2) is 4.98 Å². The Balaban J connectivity index is 0.000000511. The van der Waals surface area contributed by atoms with E-state index in [1.165, 1.54) is 29.2 Å². The molecule has 1 aliphatic carbocycles. The van der Waals surface area contributed by atoms with Crippen molar-refractivity contribution in [2.75, 3.05) is 0 Å². The maximum atomic E-state index is 4.68. The lowest BCUT2D eigenvalue weighted by Gasteiger charge is -2.21. The molecule has 3 rings (SSSR count). The van der Waals surface area contributed by atoms with Crippen LogP contribution in [0.25, 0.3) is 16.3 Å². The molecule has 1 aliphatic rings. The summed E-state index contributed by atoms with van der Waals surface area (Å²) in [5.41, 5.74) is 2.52. The Kier molecular flexibility index (Phi) is 8.18. The minimum atomic E-state index is 0.538. The van der Waals surface area contributed by atoms with Crippen molar-refractivity contribution in [3.63, 3.8) is 0 Å². The molecule has 0 fully saturated rings. The second-order valence-corrected chi connectivity index (χ2v) is 6.48. The summed E-state index contributed by atoms with van der Waals surface area (Å²) in [5.74, 6) is 0.538.